The smallest absolute Gasteiger partial charge is 0.243 e. The molecule has 2 N–H and O–H groups in total. The predicted octanol–water partition coefficient (Wildman–Crippen LogP) is 0.992. The predicted molar refractivity (Wildman–Crippen MR) is 82.9 cm³/mol. The number of benzene rings is 1. The Morgan fingerprint density at radius 3 is 2.71 bits per heavy atom. The Kier molecular flexibility index (Phi) is 4.75. The second kappa shape index (κ2) is 6.21. The zero-order valence-electron chi connectivity index (χ0n) is 12.7. The van der Waals surface area contributed by atoms with E-state index in [1.807, 2.05) is 7.05 Å². The minimum atomic E-state index is -3.51. The Balaban J connectivity index is 2.30. The van der Waals surface area contributed by atoms with Crippen LogP contribution in [-0.2, 0) is 10.0 Å². The molecule has 1 aliphatic rings. The molecule has 0 radical (unpaired) electrons. The van der Waals surface area contributed by atoms with Crippen LogP contribution in [0.5, 0.6) is 5.75 Å². The first-order valence-electron chi connectivity index (χ1n) is 7.04. The van der Waals surface area contributed by atoms with Crippen LogP contribution in [0.25, 0.3) is 0 Å². The maximum Gasteiger partial charge on any atom is 0.243 e. The maximum absolute atomic E-state index is 12.7. The number of sulfonamides is 1. The molecule has 1 unspecified atom stereocenters. The standard InChI is InChI=1S/C14H23N3O3S/c1-4-11-10-17(8-7-16(11)2)21(18,19)12-5-6-13(15)14(9-12)20-3/h5-6,9,11H,4,7-8,10,15H2,1-3H3. The van der Waals surface area contributed by atoms with E-state index in [4.69, 9.17) is 10.5 Å². The SMILES string of the molecule is CCC1CN(S(=O)(=O)c2ccc(N)c(OC)c2)CCN1C. The molecule has 7 heteroatoms. The van der Waals surface area contributed by atoms with E-state index in [9.17, 15) is 8.42 Å². The van der Waals surface area contributed by atoms with Gasteiger partial charge in [-0.3, -0.25) is 0 Å². The second-order valence-electron chi connectivity index (χ2n) is 5.31. The number of anilines is 1. The zero-order valence-corrected chi connectivity index (χ0v) is 13.6. The molecule has 1 atom stereocenters. The van der Waals surface area contributed by atoms with Crippen LogP contribution in [0.3, 0.4) is 0 Å². The van der Waals surface area contributed by atoms with Gasteiger partial charge in [-0.1, -0.05) is 6.92 Å². The van der Waals surface area contributed by atoms with Crippen molar-refractivity contribution in [2.75, 3.05) is 39.5 Å². The highest BCUT2D eigenvalue weighted by molar-refractivity contribution is 7.89. The Bertz CT molecular complexity index is 603. The number of methoxy groups -OCH3 is 1. The van der Waals surface area contributed by atoms with E-state index in [0.29, 0.717) is 24.5 Å². The van der Waals surface area contributed by atoms with E-state index in [1.165, 1.54) is 19.2 Å². The molecule has 1 saturated heterocycles. The normalized spacial score (nSPS) is 21.4. The summed E-state index contributed by atoms with van der Waals surface area (Å²) in [4.78, 5) is 2.43. The Morgan fingerprint density at radius 2 is 2.10 bits per heavy atom. The summed E-state index contributed by atoms with van der Waals surface area (Å²) in [6, 6.07) is 4.85. The molecule has 0 amide bonds. The third-order valence-corrected chi connectivity index (χ3v) is 5.91. The van der Waals surface area contributed by atoms with Gasteiger partial charge in [-0.05, 0) is 25.6 Å². The minimum Gasteiger partial charge on any atom is -0.495 e. The number of rotatable bonds is 4. The topological polar surface area (TPSA) is 75.9 Å². The van der Waals surface area contributed by atoms with Crippen molar-refractivity contribution >= 4 is 15.7 Å². The van der Waals surface area contributed by atoms with Gasteiger partial charge in [-0.15, -0.1) is 0 Å². The summed E-state index contributed by atoms with van der Waals surface area (Å²) in [6.45, 7) is 3.83. The van der Waals surface area contributed by atoms with Gasteiger partial charge in [-0.25, -0.2) is 8.42 Å². The summed E-state index contributed by atoms with van der Waals surface area (Å²) in [5.74, 6) is 0.386. The molecule has 118 valence electrons. The number of nitrogens with zero attached hydrogens (tertiary/aromatic N) is 2. The summed E-state index contributed by atoms with van der Waals surface area (Å²) >= 11 is 0. The molecule has 1 heterocycles. The first-order chi connectivity index (χ1) is 9.90. The lowest BCUT2D eigenvalue weighted by atomic mass is 10.1. The van der Waals surface area contributed by atoms with E-state index >= 15 is 0 Å². The van der Waals surface area contributed by atoms with Crippen LogP contribution >= 0.6 is 0 Å². The van der Waals surface area contributed by atoms with Crippen LogP contribution in [0.1, 0.15) is 13.3 Å². The van der Waals surface area contributed by atoms with Gasteiger partial charge in [0.2, 0.25) is 10.0 Å². The van der Waals surface area contributed by atoms with Crippen molar-refractivity contribution in [3.05, 3.63) is 18.2 Å². The zero-order chi connectivity index (χ0) is 15.6. The van der Waals surface area contributed by atoms with Crippen molar-refractivity contribution in [2.24, 2.45) is 0 Å². The Labute approximate surface area is 126 Å². The van der Waals surface area contributed by atoms with Gasteiger partial charge in [-0.2, -0.15) is 4.31 Å². The molecule has 1 fully saturated rings. The minimum absolute atomic E-state index is 0.230. The molecule has 0 aliphatic carbocycles. The highest BCUT2D eigenvalue weighted by Gasteiger charge is 2.32. The summed E-state index contributed by atoms with van der Waals surface area (Å²) in [7, 11) is 0.00264. The van der Waals surface area contributed by atoms with Gasteiger partial charge in [0.1, 0.15) is 5.75 Å². The summed E-state index contributed by atoms with van der Waals surface area (Å²) < 4.78 is 32.2. The van der Waals surface area contributed by atoms with E-state index in [0.717, 1.165) is 13.0 Å². The molecule has 2 rings (SSSR count). The molecule has 0 aromatic heterocycles. The van der Waals surface area contributed by atoms with Crippen LogP contribution in [0.15, 0.2) is 23.1 Å². The fourth-order valence-corrected chi connectivity index (χ4v) is 4.06. The van der Waals surface area contributed by atoms with Gasteiger partial charge in [0.05, 0.1) is 17.7 Å². The third-order valence-electron chi connectivity index (χ3n) is 4.05. The van der Waals surface area contributed by atoms with E-state index < -0.39 is 10.0 Å². The van der Waals surface area contributed by atoms with E-state index in [1.54, 1.807) is 10.4 Å². The van der Waals surface area contributed by atoms with Crippen LogP contribution in [-0.4, -0.2) is 57.5 Å². The van der Waals surface area contributed by atoms with E-state index in [-0.39, 0.29) is 10.9 Å². The number of ether oxygens (including phenoxy) is 1. The quantitative estimate of drug-likeness (QED) is 0.839. The summed E-state index contributed by atoms with van der Waals surface area (Å²) in [5, 5.41) is 0. The molecule has 0 spiro atoms. The first kappa shape index (κ1) is 16.1. The lowest BCUT2D eigenvalue weighted by Crippen LogP contribution is -2.52. The highest BCUT2D eigenvalue weighted by atomic mass is 32.2. The van der Waals surface area contributed by atoms with Crippen molar-refractivity contribution in [1.82, 2.24) is 9.21 Å². The fraction of sp³-hybridized carbons (Fsp3) is 0.571. The number of hydrogen-bond donors (Lipinski definition) is 1. The molecule has 0 bridgehead atoms. The lowest BCUT2D eigenvalue weighted by molar-refractivity contribution is 0.144. The van der Waals surface area contributed by atoms with Crippen molar-refractivity contribution in [1.29, 1.82) is 0 Å². The average molecular weight is 313 g/mol. The molecule has 6 nitrogen and oxygen atoms in total. The highest BCUT2D eigenvalue weighted by Crippen LogP contribution is 2.27. The molecular formula is C14H23N3O3S. The monoisotopic (exact) mass is 313 g/mol. The van der Waals surface area contributed by atoms with Crippen molar-refractivity contribution in [2.45, 2.75) is 24.3 Å². The molecule has 0 saturated carbocycles. The average Bonchev–Trinajstić information content (AvgIpc) is 2.47. The molecular weight excluding hydrogens is 290 g/mol. The molecule has 1 aromatic rings. The third kappa shape index (κ3) is 3.14. The van der Waals surface area contributed by atoms with Gasteiger partial charge in [0.15, 0.2) is 0 Å². The van der Waals surface area contributed by atoms with Gasteiger partial charge >= 0.3 is 0 Å². The van der Waals surface area contributed by atoms with Crippen molar-refractivity contribution in [3.63, 3.8) is 0 Å². The van der Waals surface area contributed by atoms with Gasteiger partial charge < -0.3 is 15.4 Å². The molecule has 1 aromatic carbocycles. The lowest BCUT2D eigenvalue weighted by Gasteiger charge is -2.38. The van der Waals surface area contributed by atoms with Gasteiger partial charge in [0.25, 0.3) is 0 Å². The van der Waals surface area contributed by atoms with Crippen LogP contribution < -0.4 is 10.5 Å². The number of nitrogens with two attached hydrogens (primary N) is 1. The summed E-state index contributed by atoms with van der Waals surface area (Å²) in [6.07, 6.45) is 0.924. The van der Waals surface area contributed by atoms with Crippen LogP contribution in [0, 0.1) is 0 Å². The fourth-order valence-electron chi connectivity index (χ4n) is 2.58. The number of nitrogen functional groups attached to an aromatic ring is 1. The van der Waals surface area contributed by atoms with E-state index in [2.05, 4.69) is 11.8 Å². The number of piperazine rings is 1. The van der Waals surface area contributed by atoms with Crippen molar-refractivity contribution < 1.29 is 13.2 Å². The largest absolute Gasteiger partial charge is 0.495 e. The first-order valence-corrected chi connectivity index (χ1v) is 8.48. The van der Waals surface area contributed by atoms with Gasteiger partial charge in [0, 0.05) is 31.7 Å². The Morgan fingerprint density at radius 1 is 1.38 bits per heavy atom. The van der Waals surface area contributed by atoms with Crippen molar-refractivity contribution in [3.8, 4) is 5.75 Å². The van der Waals surface area contributed by atoms with Crippen LogP contribution in [0.2, 0.25) is 0 Å². The number of likely N-dealkylation sites (N-methyl/N-ethyl adjacent to an activating group) is 1. The summed E-state index contributed by atoms with van der Waals surface area (Å²) in [5.41, 5.74) is 6.18. The molecule has 1 aliphatic heterocycles. The molecule has 21 heavy (non-hydrogen) atoms. The maximum atomic E-state index is 12.7. The van der Waals surface area contributed by atoms with Crippen LogP contribution in [0.4, 0.5) is 5.69 Å². The second-order valence-corrected chi connectivity index (χ2v) is 7.25. The number of hydrogen-bond acceptors (Lipinski definition) is 5. The Hall–Kier alpha value is -1.31.